The molecule has 1 heterocycles. The molecule has 2 unspecified atom stereocenters. The Morgan fingerprint density at radius 2 is 1.38 bits per heavy atom. The van der Waals surface area contributed by atoms with E-state index in [0.29, 0.717) is 0 Å². The summed E-state index contributed by atoms with van der Waals surface area (Å²) in [7, 11) is 0. The van der Waals surface area contributed by atoms with Crippen LogP contribution in [0.15, 0.2) is 66.8 Å². The van der Waals surface area contributed by atoms with Gasteiger partial charge in [-0.3, -0.25) is 4.90 Å². The van der Waals surface area contributed by atoms with Gasteiger partial charge in [0.25, 0.3) is 0 Å². The third kappa shape index (κ3) is 2.92. The molecule has 2 aromatic rings. The Bertz CT molecular complexity index is 791. The molecule has 134 valence electrons. The van der Waals surface area contributed by atoms with Gasteiger partial charge in [0.1, 0.15) is 12.2 Å². The van der Waals surface area contributed by atoms with Gasteiger partial charge in [0.05, 0.1) is 0 Å². The molecule has 2 atom stereocenters. The molecule has 2 N–H and O–H groups in total. The van der Waals surface area contributed by atoms with Crippen LogP contribution in [-0.2, 0) is 0 Å². The maximum Gasteiger partial charge on any atom is 0.110 e. The molecule has 4 rings (SSSR count). The van der Waals surface area contributed by atoms with Crippen LogP contribution in [0.1, 0.15) is 47.3 Å². The second-order valence-electron chi connectivity index (χ2n) is 7.13. The van der Waals surface area contributed by atoms with E-state index in [-0.39, 0.29) is 0 Å². The van der Waals surface area contributed by atoms with E-state index >= 15 is 0 Å². The molecule has 0 bridgehead atoms. The van der Waals surface area contributed by atoms with E-state index in [0.717, 1.165) is 54.7 Å². The molecule has 0 amide bonds. The number of aliphatic hydroxyl groups is 2. The van der Waals surface area contributed by atoms with Crippen LogP contribution in [0.3, 0.4) is 0 Å². The summed E-state index contributed by atoms with van der Waals surface area (Å²) in [6.45, 7) is 6.80. The number of hydrogen-bond acceptors (Lipinski definition) is 3. The Labute approximate surface area is 154 Å². The highest BCUT2D eigenvalue weighted by atomic mass is 16.3. The Kier molecular flexibility index (Phi) is 4.77. The summed E-state index contributed by atoms with van der Waals surface area (Å²) in [5.41, 5.74) is 6.34. The van der Waals surface area contributed by atoms with Crippen molar-refractivity contribution in [3.63, 3.8) is 0 Å². The first-order valence-corrected chi connectivity index (χ1v) is 9.30. The lowest BCUT2D eigenvalue weighted by Gasteiger charge is -2.29. The average molecular weight is 347 g/mol. The number of rotatable bonds is 2. The van der Waals surface area contributed by atoms with Crippen LogP contribution in [0.5, 0.6) is 0 Å². The summed E-state index contributed by atoms with van der Waals surface area (Å²) < 4.78 is 0. The third-order valence-corrected chi connectivity index (χ3v) is 5.60. The van der Waals surface area contributed by atoms with Crippen molar-refractivity contribution in [1.82, 2.24) is 4.90 Å². The van der Waals surface area contributed by atoms with Crippen LogP contribution < -0.4 is 0 Å². The molecule has 0 aromatic heterocycles. The van der Waals surface area contributed by atoms with E-state index < -0.39 is 12.2 Å². The van der Waals surface area contributed by atoms with E-state index in [9.17, 15) is 10.2 Å². The van der Waals surface area contributed by atoms with Gasteiger partial charge in [-0.05, 0) is 40.7 Å². The molecule has 0 spiro atoms. The molecule has 0 radical (unpaired) electrons. The van der Waals surface area contributed by atoms with Crippen LogP contribution in [0.25, 0.3) is 5.57 Å². The Morgan fingerprint density at radius 3 is 1.88 bits per heavy atom. The lowest BCUT2D eigenvalue weighted by Crippen LogP contribution is -2.31. The lowest BCUT2D eigenvalue weighted by molar-refractivity contribution is 0.0176. The van der Waals surface area contributed by atoms with Crippen molar-refractivity contribution >= 4 is 5.57 Å². The van der Waals surface area contributed by atoms with Crippen molar-refractivity contribution in [2.24, 2.45) is 0 Å². The predicted molar refractivity (Wildman–Crippen MR) is 105 cm³/mol. The molecule has 0 saturated carbocycles. The fourth-order valence-corrected chi connectivity index (χ4v) is 4.27. The van der Waals surface area contributed by atoms with Gasteiger partial charge in [-0.15, -0.1) is 6.58 Å². The fourth-order valence-electron chi connectivity index (χ4n) is 4.27. The molecule has 2 aliphatic rings. The standard InChI is InChI=1S/C23H25NO2/c1-2-13-24-14-11-16(12-15-24)21-17-7-3-5-9-19(17)22(25)23(26)20-10-6-4-8-18(20)21/h2-10,22-23,25-26H,1,11-15H2. The van der Waals surface area contributed by atoms with Crippen molar-refractivity contribution < 1.29 is 10.2 Å². The van der Waals surface area contributed by atoms with E-state index in [1.54, 1.807) is 0 Å². The molecule has 1 aliphatic heterocycles. The smallest absolute Gasteiger partial charge is 0.110 e. The van der Waals surface area contributed by atoms with Crippen molar-refractivity contribution in [2.45, 2.75) is 25.0 Å². The van der Waals surface area contributed by atoms with Gasteiger partial charge in [0.2, 0.25) is 0 Å². The summed E-state index contributed by atoms with van der Waals surface area (Å²) in [5, 5.41) is 21.6. The molecule has 1 saturated heterocycles. The van der Waals surface area contributed by atoms with Crippen molar-refractivity contribution in [1.29, 1.82) is 0 Å². The number of benzene rings is 2. The van der Waals surface area contributed by atoms with Gasteiger partial charge in [-0.2, -0.15) is 0 Å². The number of piperidine rings is 1. The van der Waals surface area contributed by atoms with Gasteiger partial charge in [-0.25, -0.2) is 0 Å². The van der Waals surface area contributed by atoms with E-state index in [1.165, 1.54) is 11.1 Å². The van der Waals surface area contributed by atoms with Gasteiger partial charge < -0.3 is 10.2 Å². The first kappa shape index (κ1) is 17.2. The second-order valence-corrected chi connectivity index (χ2v) is 7.13. The minimum atomic E-state index is -0.911. The van der Waals surface area contributed by atoms with Gasteiger partial charge in [0.15, 0.2) is 0 Å². The highest BCUT2D eigenvalue weighted by Gasteiger charge is 2.32. The SMILES string of the molecule is C=CCN1CCC(=C2c3ccccc3C(O)C(O)c3ccccc32)CC1. The van der Waals surface area contributed by atoms with Gasteiger partial charge in [0, 0.05) is 19.6 Å². The van der Waals surface area contributed by atoms with Crippen LogP contribution in [-0.4, -0.2) is 34.7 Å². The summed E-state index contributed by atoms with van der Waals surface area (Å²) in [6, 6.07) is 15.9. The van der Waals surface area contributed by atoms with Crippen LogP contribution >= 0.6 is 0 Å². The molecule has 1 fully saturated rings. The number of aliphatic hydroxyl groups excluding tert-OH is 2. The summed E-state index contributed by atoms with van der Waals surface area (Å²) in [6.07, 6.45) is 2.13. The van der Waals surface area contributed by atoms with Crippen molar-refractivity contribution in [3.8, 4) is 0 Å². The average Bonchev–Trinajstić information content (AvgIpc) is 2.78. The zero-order chi connectivity index (χ0) is 18.1. The van der Waals surface area contributed by atoms with Crippen molar-refractivity contribution in [2.75, 3.05) is 19.6 Å². The zero-order valence-electron chi connectivity index (χ0n) is 14.9. The zero-order valence-corrected chi connectivity index (χ0v) is 14.9. The Hall–Kier alpha value is -2.20. The molecule has 2 aromatic carbocycles. The minimum Gasteiger partial charge on any atom is -0.385 e. The first-order chi connectivity index (χ1) is 12.7. The number of hydrogen-bond donors (Lipinski definition) is 2. The normalized spacial score (nSPS) is 23.2. The summed E-state index contributed by atoms with van der Waals surface area (Å²) in [4.78, 5) is 2.41. The Balaban J connectivity index is 1.89. The van der Waals surface area contributed by atoms with E-state index in [1.807, 2.05) is 42.5 Å². The second kappa shape index (κ2) is 7.20. The number of likely N-dealkylation sites (tertiary alicyclic amines) is 1. The largest absolute Gasteiger partial charge is 0.385 e. The minimum absolute atomic E-state index is 0.812. The Morgan fingerprint density at radius 1 is 0.885 bits per heavy atom. The van der Waals surface area contributed by atoms with Gasteiger partial charge in [-0.1, -0.05) is 60.2 Å². The quantitative estimate of drug-likeness (QED) is 0.811. The lowest BCUT2D eigenvalue weighted by atomic mass is 9.86. The third-order valence-electron chi connectivity index (χ3n) is 5.60. The topological polar surface area (TPSA) is 43.7 Å². The molecule has 1 aliphatic carbocycles. The van der Waals surface area contributed by atoms with Gasteiger partial charge >= 0.3 is 0 Å². The predicted octanol–water partition coefficient (Wildman–Crippen LogP) is 3.85. The molecular weight excluding hydrogens is 322 g/mol. The van der Waals surface area contributed by atoms with Crippen LogP contribution in [0.4, 0.5) is 0 Å². The molecule has 26 heavy (non-hydrogen) atoms. The van der Waals surface area contributed by atoms with Crippen LogP contribution in [0, 0.1) is 0 Å². The van der Waals surface area contributed by atoms with E-state index in [4.69, 9.17) is 0 Å². The molecule has 3 heteroatoms. The van der Waals surface area contributed by atoms with E-state index in [2.05, 4.69) is 23.6 Å². The highest BCUT2D eigenvalue weighted by Crippen LogP contribution is 2.45. The summed E-state index contributed by atoms with van der Waals surface area (Å²) in [5.74, 6) is 0. The molecule has 3 nitrogen and oxygen atoms in total. The monoisotopic (exact) mass is 347 g/mol. The maximum absolute atomic E-state index is 10.8. The fraction of sp³-hybridized carbons (Fsp3) is 0.304. The number of fused-ring (bicyclic) bond motifs is 2. The maximum atomic E-state index is 10.8. The van der Waals surface area contributed by atoms with Crippen molar-refractivity contribution in [3.05, 3.63) is 89.0 Å². The number of nitrogens with zero attached hydrogens (tertiary/aromatic N) is 1. The summed E-state index contributed by atoms with van der Waals surface area (Å²) >= 11 is 0. The van der Waals surface area contributed by atoms with Crippen LogP contribution in [0.2, 0.25) is 0 Å². The molecular formula is C23H25NO2. The highest BCUT2D eigenvalue weighted by molar-refractivity contribution is 5.86. The first-order valence-electron chi connectivity index (χ1n) is 9.30.